The summed E-state index contributed by atoms with van der Waals surface area (Å²) in [5.74, 6) is 1.23. The minimum Gasteiger partial charge on any atom is -0.439 e. The summed E-state index contributed by atoms with van der Waals surface area (Å²) in [6.45, 7) is 0. The SMILES string of the molecule is CN(C(=O)CCC(N)c1ccccc1)c1ccc(Oc2ccccn2)cc1. The minimum atomic E-state index is -0.141. The molecule has 0 aliphatic heterocycles. The van der Waals surface area contributed by atoms with Crippen molar-refractivity contribution in [2.24, 2.45) is 5.73 Å². The van der Waals surface area contributed by atoms with Crippen LogP contribution >= 0.6 is 0 Å². The Balaban J connectivity index is 1.55. The lowest BCUT2D eigenvalue weighted by molar-refractivity contribution is -0.118. The van der Waals surface area contributed by atoms with Crippen molar-refractivity contribution < 1.29 is 9.53 Å². The van der Waals surface area contributed by atoms with E-state index in [9.17, 15) is 4.79 Å². The van der Waals surface area contributed by atoms with Gasteiger partial charge in [-0.05, 0) is 42.3 Å². The Bertz CT molecular complexity index is 852. The van der Waals surface area contributed by atoms with Crippen LogP contribution in [0.2, 0.25) is 0 Å². The average molecular weight is 361 g/mol. The maximum Gasteiger partial charge on any atom is 0.226 e. The zero-order chi connectivity index (χ0) is 19.1. The smallest absolute Gasteiger partial charge is 0.226 e. The molecular formula is C22H23N3O2. The first-order valence-corrected chi connectivity index (χ1v) is 8.89. The van der Waals surface area contributed by atoms with Gasteiger partial charge >= 0.3 is 0 Å². The topological polar surface area (TPSA) is 68.5 Å². The third kappa shape index (κ3) is 5.15. The van der Waals surface area contributed by atoms with Crippen LogP contribution < -0.4 is 15.4 Å². The molecule has 138 valence electrons. The summed E-state index contributed by atoms with van der Waals surface area (Å²) in [5, 5.41) is 0. The largest absolute Gasteiger partial charge is 0.439 e. The molecule has 1 atom stereocenters. The zero-order valence-corrected chi connectivity index (χ0v) is 15.3. The van der Waals surface area contributed by atoms with Gasteiger partial charge in [0.15, 0.2) is 0 Å². The van der Waals surface area contributed by atoms with Crippen molar-refractivity contribution in [1.29, 1.82) is 0 Å². The third-order valence-electron chi connectivity index (χ3n) is 4.36. The van der Waals surface area contributed by atoms with E-state index in [1.807, 2.05) is 66.7 Å². The molecule has 2 aromatic carbocycles. The Labute approximate surface area is 159 Å². The molecule has 1 amide bonds. The number of ether oxygens (including phenoxy) is 1. The Hall–Kier alpha value is -3.18. The fraction of sp³-hybridized carbons (Fsp3) is 0.182. The van der Waals surface area contributed by atoms with Crippen LogP contribution in [0.3, 0.4) is 0 Å². The lowest BCUT2D eigenvalue weighted by Crippen LogP contribution is -2.27. The first-order chi connectivity index (χ1) is 13.1. The Kier molecular flexibility index (Phi) is 6.18. The first-order valence-electron chi connectivity index (χ1n) is 8.89. The van der Waals surface area contributed by atoms with Crippen LogP contribution in [0.1, 0.15) is 24.4 Å². The van der Waals surface area contributed by atoms with Crippen LogP contribution in [-0.4, -0.2) is 17.9 Å². The van der Waals surface area contributed by atoms with E-state index in [0.29, 0.717) is 24.5 Å². The molecule has 0 fully saturated rings. The van der Waals surface area contributed by atoms with Crippen molar-refractivity contribution in [3.05, 3.63) is 84.6 Å². The predicted molar refractivity (Wildman–Crippen MR) is 107 cm³/mol. The van der Waals surface area contributed by atoms with E-state index in [4.69, 9.17) is 10.5 Å². The highest BCUT2D eigenvalue weighted by molar-refractivity contribution is 5.92. The number of rotatable bonds is 7. The van der Waals surface area contributed by atoms with Crippen LogP contribution in [0, 0.1) is 0 Å². The van der Waals surface area contributed by atoms with Gasteiger partial charge in [0.1, 0.15) is 5.75 Å². The van der Waals surface area contributed by atoms with Gasteiger partial charge in [0, 0.05) is 37.5 Å². The van der Waals surface area contributed by atoms with E-state index in [1.165, 1.54) is 0 Å². The lowest BCUT2D eigenvalue weighted by Gasteiger charge is -2.19. The van der Waals surface area contributed by atoms with Gasteiger partial charge in [-0.25, -0.2) is 4.98 Å². The second kappa shape index (κ2) is 8.96. The molecule has 1 aromatic heterocycles. The fourth-order valence-electron chi connectivity index (χ4n) is 2.72. The zero-order valence-electron chi connectivity index (χ0n) is 15.3. The van der Waals surface area contributed by atoms with Gasteiger partial charge in [0.25, 0.3) is 0 Å². The summed E-state index contributed by atoms with van der Waals surface area (Å²) >= 11 is 0. The van der Waals surface area contributed by atoms with Crippen molar-refractivity contribution in [3.63, 3.8) is 0 Å². The van der Waals surface area contributed by atoms with Crippen molar-refractivity contribution in [1.82, 2.24) is 4.98 Å². The number of carbonyl (C=O) groups excluding carboxylic acids is 1. The minimum absolute atomic E-state index is 0.0276. The van der Waals surface area contributed by atoms with Gasteiger partial charge in [-0.3, -0.25) is 4.79 Å². The van der Waals surface area contributed by atoms with Crippen LogP contribution in [0.4, 0.5) is 5.69 Å². The molecule has 0 aliphatic rings. The van der Waals surface area contributed by atoms with E-state index in [0.717, 1.165) is 11.3 Å². The number of nitrogens with zero attached hydrogens (tertiary/aromatic N) is 2. The molecule has 0 bridgehead atoms. The highest BCUT2D eigenvalue weighted by atomic mass is 16.5. The Morgan fingerprint density at radius 3 is 2.41 bits per heavy atom. The number of aromatic nitrogens is 1. The van der Waals surface area contributed by atoms with Crippen molar-refractivity contribution in [3.8, 4) is 11.6 Å². The number of anilines is 1. The molecule has 3 aromatic rings. The molecule has 0 aliphatic carbocycles. The highest BCUT2D eigenvalue weighted by Crippen LogP contribution is 2.23. The van der Waals surface area contributed by atoms with Crippen LogP contribution in [0.5, 0.6) is 11.6 Å². The summed E-state index contributed by atoms with van der Waals surface area (Å²) in [4.78, 5) is 18.3. The molecule has 0 radical (unpaired) electrons. The summed E-state index contributed by atoms with van der Waals surface area (Å²) in [7, 11) is 1.77. The Morgan fingerprint density at radius 1 is 1.04 bits per heavy atom. The fourth-order valence-corrected chi connectivity index (χ4v) is 2.72. The number of hydrogen-bond donors (Lipinski definition) is 1. The van der Waals surface area contributed by atoms with Gasteiger partial charge < -0.3 is 15.4 Å². The normalized spacial score (nSPS) is 11.6. The third-order valence-corrected chi connectivity index (χ3v) is 4.36. The van der Waals surface area contributed by atoms with E-state index in [2.05, 4.69) is 4.98 Å². The number of benzene rings is 2. The van der Waals surface area contributed by atoms with Gasteiger partial charge in [-0.1, -0.05) is 36.4 Å². The molecule has 1 unspecified atom stereocenters. The molecular weight excluding hydrogens is 338 g/mol. The molecule has 0 saturated heterocycles. The molecule has 5 nitrogen and oxygen atoms in total. The van der Waals surface area contributed by atoms with Crippen molar-refractivity contribution in [2.75, 3.05) is 11.9 Å². The molecule has 0 saturated carbocycles. The molecule has 27 heavy (non-hydrogen) atoms. The molecule has 2 N–H and O–H groups in total. The standard InChI is InChI=1S/C22H23N3O2/c1-25(22(26)15-14-20(23)17-7-3-2-4-8-17)18-10-12-19(13-11-18)27-21-9-5-6-16-24-21/h2-13,16,20H,14-15,23H2,1H3. The van der Waals surface area contributed by atoms with Gasteiger partial charge in [-0.15, -0.1) is 0 Å². The second-order valence-corrected chi connectivity index (χ2v) is 6.27. The van der Waals surface area contributed by atoms with Gasteiger partial charge in [0.05, 0.1) is 0 Å². The number of pyridine rings is 1. The molecule has 1 heterocycles. The predicted octanol–water partition coefficient (Wildman–Crippen LogP) is 4.32. The summed E-state index contributed by atoms with van der Waals surface area (Å²) in [6, 6.07) is 22.5. The lowest BCUT2D eigenvalue weighted by atomic mass is 10.0. The molecule has 0 spiro atoms. The summed E-state index contributed by atoms with van der Waals surface area (Å²) < 4.78 is 5.67. The summed E-state index contributed by atoms with van der Waals surface area (Å²) in [6.07, 6.45) is 2.67. The molecule has 5 heteroatoms. The second-order valence-electron chi connectivity index (χ2n) is 6.27. The quantitative estimate of drug-likeness (QED) is 0.680. The van der Waals surface area contributed by atoms with Crippen LogP contribution in [-0.2, 0) is 4.79 Å². The number of nitrogens with two attached hydrogens (primary N) is 1. The van der Waals surface area contributed by atoms with Crippen LogP contribution in [0.25, 0.3) is 0 Å². The van der Waals surface area contributed by atoms with Gasteiger partial charge in [0.2, 0.25) is 11.8 Å². The highest BCUT2D eigenvalue weighted by Gasteiger charge is 2.14. The Morgan fingerprint density at radius 2 is 1.74 bits per heavy atom. The maximum atomic E-state index is 12.5. The van der Waals surface area contributed by atoms with Gasteiger partial charge in [-0.2, -0.15) is 0 Å². The van der Waals surface area contributed by atoms with Crippen molar-refractivity contribution >= 4 is 11.6 Å². The van der Waals surface area contributed by atoms with E-state index < -0.39 is 0 Å². The number of amides is 1. The van der Waals surface area contributed by atoms with E-state index in [-0.39, 0.29) is 11.9 Å². The van der Waals surface area contributed by atoms with Crippen LogP contribution in [0.15, 0.2) is 79.0 Å². The number of hydrogen-bond acceptors (Lipinski definition) is 4. The maximum absolute atomic E-state index is 12.5. The monoisotopic (exact) mass is 361 g/mol. The van der Waals surface area contributed by atoms with E-state index in [1.54, 1.807) is 24.2 Å². The van der Waals surface area contributed by atoms with Crippen molar-refractivity contribution in [2.45, 2.75) is 18.9 Å². The summed E-state index contributed by atoms with van der Waals surface area (Å²) in [5.41, 5.74) is 8.03. The number of carbonyl (C=O) groups is 1. The van der Waals surface area contributed by atoms with E-state index >= 15 is 0 Å². The average Bonchev–Trinajstić information content (AvgIpc) is 2.73. The first kappa shape index (κ1) is 18.6. The molecule has 3 rings (SSSR count).